The highest BCUT2D eigenvalue weighted by atomic mass is 14.9. The van der Waals surface area contributed by atoms with Crippen LogP contribution in [0.3, 0.4) is 0 Å². The molecule has 17 heavy (non-hydrogen) atoms. The fourth-order valence-corrected chi connectivity index (χ4v) is 2.10. The lowest BCUT2D eigenvalue weighted by atomic mass is 9.88. The van der Waals surface area contributed by atoms with Crippen LogP contribution in [0.5, 0.6) is 0 Å². The third-order valence-electron chi connectivity index (χ3n) is 3.10. The van der Waals surface area contributed by atoms with Gasteiger partial charge in [-0.25, -0.2) is 0 Å². The first-order valence-electron chi connectivity index (χ1n) is 6.55. The molecule has 0 radical (unpaired) electrons. The molecule has 0 aromatic heterocycles. The van der Waals surface area contributed by atoms with Crippen LogP contribution in [0, 0.1) is 5.41 Å². The molecular formula is C15H26N2. The highest BCUT2D eigenvalue weighted by Gasteiger charge is 2.15. The number of nitrogens with one attached hydrogen (secondary N) is 2. The second-order valence-corrected chi connectivity index (χ2v) is 5.46. The molecule has 0 aliphatic rings. The van der Waals surface area contributed by atoms with E-state index in [-0.39, 0.29) is 0 Å². The Morgan fingerprint density at radius 1 is 1.12 bits per heavy atom. The molecule has 1 aromatic rings. The van der Waals surface area contributed by atoms with E-state index in [1.54, 1.807) is 0 Å². The summed E-state index contributed by atoms with van der Waals surface area (Å²) in [7, 11) is 1.94. The summed E-state index contributed by atoms with van der Waals surface area (Å²) < 4.78 is 0. The van der Waals surface area contributed by atoms with Gasteiger partial charge in [-0.15, -0.1) is 0 Å². The van der Waals surface area contributed by atoms with E-state index in [1.165, 1.54) is 24.1 Å². The zero-order chi connectivity index (χ0) is 12.7. The summed E-state index contributed by atoms with van der Waals surface area (Å²) >= 11 is 0. The lowest BCUT2D eigenvalue weighted by molar-refractivity contribution is 0.310. The number of hydrogen-bond acceptors (Lipinski definition) is 2. The van der Waals surface area contributed by atoms with E-state index in [4.69, 9.17) is 0 Å². The van der Waals surface area contributed by atoms with Crippen molar-refractivity contribution < 1.29 is 0 Å². The Bertz CT molecular complexity index is 314. The lowest BCUT2D eigenvalue weighted by Gasteiger charge is -2.24. The number of hydrogen-bond donors (Lipinski definition) is 2. The summed E-state index contributed by atoms with van der Waals surface area (Å²) in [5.41, 5.74) is 2.91. The van der Waals surface area contributed by atoms with Crippen LogP contribution in [0.15, 0.2) is 24.3 Å². The van der Waals surface area contributed by atoms with Gasteiger partial charge < -0.3 is 10.6 Å². The molecule has 0 aliphatic heterocycles. The van der Waals surface area contributed by atoms with Crippen LogP contribution in [-0.2, 0) is 6.54 Å². The quantitative estimate of drug-likeness (QED) is 0.752. The molecule has 0 fully saturated rings. The maximum atomic E-state index is 3.54. The standard InChI is InChI=1S/C15H26N2/c1-5-10-15(2,3)12-17-11-13-6-8-14(16-4)9-7-13/h6-9,16-17H,5,10-12H2,1-4H3. The molecule has 2 heteroatoms. The van der Waals surface area contributed by atoms with Crippen LogP contribution in [0.2, 0.25) is 0 Å². The van der Waals surface area contributed by atoms with Gasteiger partial charge in [0.25, 0.3) is 0 Å². The first kappa shape index (κ1) is 14.0. The maximum Gasteiger partial charge on any atom is 0.0337 e. The lowest BCUT2D eigenvalue weighted by Crippen LogP contribution is -2.28. The third kappa shape index (κ3) is 5.22. The molecule has 0 saturated carbocycles. The van der Waals surface area contributed by atoms with Crippen LogP contribution < -0.4 is 10.6 Å². The minimum absolute atomic E-state index is 0.402. The van der Waals surface area contributed by atoms with E-state index < -0.39 is 0 Å². The van der Waals surface area contributed by atoms with Crippen molar-refractivity contribution in [3.05, 3.63) is 29.8 Å². The molecule has 2 N–H and O–H groups in total. The van der Waals surface area contributed by atoms with Crippen LogP contribution in [0.4, 0.5) is 5.69 Å². The molecule has 0 aliphatic carbocycles. The molecule has 1 aromatic carbocycles. The SMILES string of the molecule is CCCC(C)(C)CNCc1ccc(NC)cc1. The largest absolute Gasteiger partial charge is 0.388 e. The summed E-state index contributed by atoms with van der Waals surface area (Å²) in [6.45, 7) is 8.94. The molecule has 0 spiro atoms. The zero-order valence-corrected chi connectivity index (χ0v) is 11.6. The summed E-state index contributed by atoms with van der Waals surface area (Å²) in [6, 6.07) is 8.58. The molecule has 96 valence electrons. The van der Waals surface area contributed by atoms with Gasteiger partial charge in [-0.1, -0.05) is 39.3 Å². The van der Waals surface area contributed by atoms with Crippen molar-refractivity contribution in [1.29, 1.82) is 0 Å². The van der Waals surface area contributed by atoms with Gasteiger partial charge in [0.05, 0.1) is 0 Å². The van der Waals surface area contributed by atoms with Crippen molar-refractivity contribution in [2.75, 3.05) is 18.9 Å². The van der Waals surface area contributed by atoms with Gasteiger partial charge in [0, 0.05) is 25.8 Å². The Kier molecular flexibility index (Phi) is 5.49. The van der Waals surface area contributed by atoms with Crippen LogP contribution in [-0.4, -0.2) is 13.6 Å². The highest BCUT2D eigenvalue weighted by molar-refractivity contribution is 5.43. The van der Waals surface area contributed by atoms with Crippen molar-refractivity contribution in [3.8, 4) is 0 Å². The van der Waals surface area contributed by atoms with Gasteiger partial charge in [-0.3, -0.25) is 0 Å². The summed E-state index contributed by atoms with van der Waals surface area (Å²) in [5, 5.41) is 6.67. The highest BCUT2D eigenvalue weighted by Crippen LogP contribution is 2.20. The van der Waals surface area contributed by atoms with Crippen molar-refractivity contribution in [2.45, 2.75) is 40.2 Å². The molecule has 0 atom stereocenters. The molecule has 0 bridgehead atoms. The monoisotopic (exact) mass is 234 g/mol. The fourth-order valence-electron chi connectivity index (χ4n) is 2.10. The van der Waals surface area contributed by atoms with E-state index in [2.05, 4.69) is 55.7 Å². The predicted molar refractivity (Wildman–Crippen MR) is 76.4 cm³/mol. The van der Waals surface area contributed by atoms with Crippen molar-refractivity contribution >= 4 is 5.69 Å². The van der Waals surface area contributed by atoms with Crippen LogP contribution >= 0.6 is 0 Å². The fraction of sp³-hybridized carbons (Fsp3) is 0.600. The minimum Gasteiger partial charge on any atom is -0.388 e. The van der Waals surface area contributed by atoms with E-state index >= 15 is 0 Å². The van der Waals surface area contributed by atoms with E-state index in [0.717, 1.165) is 13.1 Å². The first-order chi connectivity index (χ1) is 8.07. The molecule has 0 unspecified atom stereocenters. The van der Waals surface area contributed by atoms with Gasteiger partial charge in [-0.05, 0) is 29.5 Å². The van der Waals surface area contributed by atoms with Crippen LogP contribution in [0.1, 0.15) is 39.2 Å². The molecule has 0 amide bonds. The Balaban J connectivity index is 2.35. The van der Waals surface area contributed by atoms with E-state index in [0.29, 0.717) is 5.41 Å². The molecule has 0 heterocycles. The molecule has 0 saturated heterocycles. The van der Waals surface area contributed by atoms with Gasteiger partial charge in [0.1, 0.15) is 0 Å². The Labute approximate surface area is 106 Å². The number of rotatable bonds is 7. The van der Waals surface area contributed by atoms with Crippen molar-refractivity contribution in [1.82, 2.24) is 5.32 Å². The molecule has 2 nitrogen and oxygen atoms in total. The van der Waals surface area contributed by atoms with Crippen LogP contribution in [0.25, 0.3) is 0 Å². The topological polar surface area (TPSA) is 24.1 Å². The maximum absolute atomic E-state index is 3.54. The normalized spacial score (nSPS) is 11.5. The number of anilines is 1. The van der Waals surface area contributed by atoms with Crippen molar-refractivity contribution in [3.63, 3.8) is 0 Å². The van der Waals surface area contributed by atoms with Gasteiger partial charge in [-0.2, -0.15) is 0 Å². The molecule has 1 rings (SSSR count). The first-order valence-corrected chi connectivity index (χ1v) is 6.55. The van der Waals surface area contributed by atoms with Gasteiger partial charge in [0.2, 0.25) is 0 Å². The van der Waals surface area contributed by atoms with Gasteiger partial charge >= 0.3 is 0 Å². The summed E-state index contributed by atoms with van der Waals surface area (Å²) in [4.78, 5) is 0. The van der Waals surface area contributed by atoms with Gasteiger partial charge in [0.15, 0.2) is 0 Å². The second-order valence-electron chi connectivity index (χ2n) is 5.46. The summed E-state index contributed by atoms with van der Waals surface area (Å²) in [5.74, 6) is 0. The Hall–Kier alpha value is -1.02. The smallest absolute Gasteiger partial charge is 0.0337 e. The number of benzene rings is 1. The Morgan fingerprint density at radius 2 is 1.76 bits per heavy atom. The second kappa shape index (κ2) is 6.65. The molecular weight excluding hydrogens is 208 g/mol. The summed E-state index contributed by atoms with van der Waals surface area (Å²) in [6.07, 6.45) is 2.53. The third-order valence-corrected chi connectivity index (χ3v) is 3.10. The van der Waals surface area contributed by atoms with E-state index in [9.17, 15) is 0 Å². The van der Waals surface area contributed by atoms with Crippen molar-refractivity contribution in [2.24, 2.45) is 5.41 Å². The minimum atomic E-state index is 0.402. The Morgan fingerprint density at radius 3 is 2.29 bits per heavy atom. The zero-order valence-electron chi connectivity index (χ0n) is 11.6. The average Bonchev–Trinajstić information content (AvgIpc) is 2.29. The predicted octanol–water partition coefficient (Wildman–Crippen LogP) is 3.64. The average molecular weight is 234 g/mol. The van der Waals surface area contributed by atoms with E-state index in [1.807, 2.05) is 7.05 Å².